The van der Waals surface area contributed by atoms with Gasteiger partial charge in [0.05, 0.1) is 0 Å². The molecule has 0 N–H and O–H groups in total. The van der Waals surface area contributed by atoms with E-state index in [0.29, 0.717) is 0 Å². The maximum atomic E-state index is 12.2. The minimum absolute atomic E-state index is 0.738. The fourth-order valence-corrected chi connectivity index (χ4v) is 0.837. The first-order valence-corrected chi connectivity index (χ1v) is 3.68. The van der Waals surface area contributed by atoms with Gasteiger partial charge >= 0.3 is 11.6 Å². The predicted molar refractivity (Wildman–Crippen MR) is 41.1 cm³/mol. The lowest BCUT2D eigenvalue weighted by molar-refractivity contribution is -0.138. The Morgan fingerprint density at radius 1 is 1.50 bits per heavy atom. The Kier molecular flexibility index (Phi) is 2.95. The van der Waals surface area contributed by atoms with Crippen molar-refractivity contribution in [2.75, 3.05) is 0 Å². The normalized spacial score (nSPS) is 11.1. The van der Waals surface area contributed by atoms with Crippen molar-refractivity contribution >= 4 is 17.0 Å². The van der Waals surface area contributed by atoms with E-state index in [1.165, 1.54) is 0 Å². The molecule has 1 heterocycles. The van der Waals surface area contributed by atoms with Gasteiger partial charge in [0.15, 0.2) is 0 Å². The van der Waals surface area contributed by atoms with E-state index >= 15 is 0 Å². The maximum absolute atomic E-state index is 12.2. The topological polar surface area (TPSA) is 39.2 Å². The number of carbonyl (C=O) groups is 1. The number of halogens is 4. The van der Waals surface area contributed by atoms with Crippen LogP contribution in [0.1, 0.15) is 5.56 Å². The van der Waals surface area contributed by atoms with E-state index in [0.717, 1.165) is 18.3 Å². The number of ether oxygens (including phenoxy) is 1. The molecule has 0 unspecified atom stereocenters. The number of alkyl halides is 3. The molecule has 0 saturated heterocycles. The summed E-state index contributed by atoms with van der Waals surface area (Å²) in [5, 5.41) is 0. The number of rotatable bonds is 1. The van der Waals surface area contributed by atoms with Gasteiger partial charge in [0.2, 0.25) is 5.88 Å². The molecule has 1 aromatic heterocycles. The van der Waals surface area contributed by atoms with E-state index in [4.69, 9.17) is 11.6 Å². The van der Waals surface area contributed by atoms with E-state index < -0.39 is 23.0 Å². The van der Waals surface area contributed by atoms with Crippen LogP contribution < -0.4 is 4.74 Å². The van der Waals surface area contributed by atoms with Crippen molar-refractivity contribution in [2.24, 2.45) is 0 Å². The van der Waals surface area contributed by atoms with Gasteiger partial charge in [-0.05, 0) is 12.1 Å². The smallest absolute Gasteiger partial charge is 0.395 e. The van der Waals surface area contributed by atoms with Crippen molar-refractivity contribution in [1.82, 2.24) is 4.98 Å². The minimum atomic E-state index is -4.63. The average Bonchev–Trinajstić information content (AvgIpc) is 2.01. The zero-order valence-corrected chi connectivity index (χ0v) is 7.26. The number of nitrogens with zero attached hydrogens (tertiary/aromatic N) is 1. The molecule has 7 heteroatoms. The van der Waals surface area contributed by atoms with Crippen LogP contribution in [-0.4, -0.2) is 10.4 Å². The molecular weight excluding hydrogens is 223 g/mol. The summed E-state index contributed by atoms with van der Waals surface area (Å²) >= 11 is 4.77. The van der Waals surface area contributed by atoms with Crippen LogP contribution in [0.4, 0.5) is 18.0 Å². The van der Waals surface area contributed by atoms with E-state index in [2.05, 4.69) is 9.72 Å². The molecule has 0 aliphatic rings. The van der Waals surface area contributed by atoms with Gasteiger partial charge in [-0.2, -0.15) is 13.2 Å². The molecule has 0 atom stereocenters. The Labute approximate surface area is 81.5 Å². The van der Waals surface area contributed by atoms with Gasteiger partial charge in [0.25, 0.3) is 0 Å². The molecule has 0 amide bonds. The lowest BCUT2D eigenvalue weighted by Gasteiger charge is -2.09. The number of carbonyl (C=O) groups excluding carboxylic acids is 1. The van der Waals surface area contributed by atoms with Crippen molar-refractivity contribution in [3.8, 4) is 5.88 Å². The van der Waals surface area contributed by atoms with Crippen LogP contribution in [0.3, 0.4) is 0 Å². The molecule has 76 valence electrons. The molecule has 14 heavy (non-hydrogen) atoms. The number of hydrogen-bond donors (Lipinski definition) is 0. The van der Waals surface area contributed by atoms with Gasteiger partial charge in [-0.3, -0.25) is 0 Å². The van der Waals surface area contributed by atoms with Crippen molar-refractivity contribution in [3.63, 3.8) is 0 Å². The first-order chi connectivity index (χ1) is 6.41. The van der Waals surface area contributed by atoms with Crippen LogP contribution in [0.5, 0.6) is 5.88 Å². The van der Waals surface area contributed by atoms with Gasteiger partial charge in [-0.25, -0.2) is 9.78 Å². The lowest BCUT2D eigenvalue weighted by atomic mass is 10.2. The number of pyridine rings is 1. The summed E-state index contributed by atoms with van der Waals surface area (Å²) in [7, 11) is 0. The van der Waals surface area contributed by atoms with Crippen LogP contribution >= 0.6 is 11.6 Å². The summed E-state index contributed by atoms with van der Waals surface area (Å²) in [4.78, 5) is 13.5. The van der Waals surface area contributed by atoms with Gasteiger partial charge in [-0.15, -0.1) is 0 Å². The third-order valence-electron chi connectivity index (χ3n) is 1.25. The molecule has 0 aromatic carbocycles. The largest absolute Gasteiger partial charge is 0.421 e. The summed E-state index contributed by atoms with van der Waals surface area (Å²) in [5.74, 6) is -0.847. The summed E-state index contributed by atoms with van der Waals surface area (Å²) in [6.07, 6.45) is -3.57. The standard InChI is InChI=1S/C7H3ClF3NO2/c8-6(13)14-5-4(7(9,10)11)2-1-3-12-5/h1-3H. The molecule has 0 fully saturated rings. The summed E-state index contributed by atoms with van der Waals surface area (Å²) in [5.41, 5.74) is -2.51. The Morgan fingerprint density at radius 2 is 2.14 bits per heavy atom. The Hall–Kier alpha value is -1.30. The summed E-state index contributed by atoms with van der Waals surface area (Å²) in [6.45, 7) is 0. The highest BCUT2D eigenvalue weighted by atomic mass is 35.5. The number of aromatic nitrogens is 1. The second kappa shape index (κ2) is 3.83. The summed E-state index contributed by atoms with van der Waals surface area (Å²) < 4.78 is 40.7. The molecule has 0 spiro atoms. The third kappa shape index (κ3) is 2.59. The average molecular weight is 226 g/mol. The highest BCUT2D eigenvalue weighted by Crippen LogP contribution is 2.34. The Morgan fingerprint density at radius 3 is 2.64 bits per heavy atom. The first kappa shape index (κ1) is 10.8. The number of hydrogen-bond acceptors (Lipinski definition) is 3. The maximum Gasteiger partial charge on any atom is 0.421 e. The molecule has 3 nitrogen and oxygen atoms in total. The van der Waals surface area contributed by atoms with Crippen LogP contribution in [-0.2, 0) is 6.18 Å². The van der Waals surface area contributed by atoms with Crippen molar-refractivity contribution in [1.29, 1.82) is 0 Å². The fourth-order valence-electron chi connectivity index (χ4n) is 0.764. The quantitative estimate of drug-likeness (QED) is 0.690. The molecule has 0 aliphatic heterocycles. The fraction of sp³-hybridized carbons (Fsp3) is 0.143. The van der Waals surface area contributed by atoms with E-state index in [1.54, 1.807) is 0 Å². The summed E-state index contributed by atoms with van der Waals surface area (Å²) in [6, 6.07) is 1.82. The Bertz CT molecular complexity index is 353. The van der Waals surface area contributed by atoms with Crippen molar-refractivity contribution in [3.05, 3.63) is 23.9 Å². The van der Waals surface area contributed by atoms with E-state index in [9.17, 15) is 18.0 Å². The SMILES string of the molecule is O=C(Cl)Oc1ncccc1C(F)(F)F. The second-order valence-corrected chi connectivity index (χ2v) is 2.50. The second-order valence-electron chi connectivity index (χ2n) is 2.19. The van der Waals surface area contributed by atoms with Crippen LogP contribution in [0.2, 0.25) is 0 Å². The molecule has 1 rings (SSSR count). The van der Waals surface area contributed by atoms with Crippen LogP contribution in [0.15, 0.2) is 18.3 Å². The molecule has 1 aromatic rings. The van der Waals surface area contributed by atoms with Crippen LogP contribution in [0.25, 0.3) is 0 Å². The monoisotopic (exact) mass is 225 g/mol. The molecule has 0 radical (unpaired) electrons. The van der Waals surface area contributed by atoms with Crippen molar-refractivity contribution in [2.45, 2.75) is 6.18 Å². The zero-order chi connectivity index (χ0) is 10.8. The first-order valence-electron chi connectivity index (χ1n) is 3.31. The molecule has 0 bridgehead atoms. The van der Waals surface area contributed by atoms with Crippen LogP contribution in [0, 0.1) is 0 Å². The molecule has 0 saturated carbocycles. The van der Waals surface area contributed by atoms with Gasteiger partial charge < -0.3 is 4.74 Å². The van der Waals surface area contributed by atoms with E-state index in [1.807, 2.05) is 0 Å². The van der Waals surface area contributed by atoms with Gasteiger partial charge in [0, 0.05) is 17.8 Å². The van der Waals surface area contributed by atoms with E-state index in [-0.39, 0.29) is 0 Å². The zero-order valence-electron chi connectivity index (χ0n) is 6.51. The predicted octanol–water partition coefficient (Wildman–Crippen LogP) is 2.84. The Balaban J connectivity index is 3.10. The highest BCUT2D eigenvalue weighted by Gasteiger charge is 2.35. The van der Waals surface area contributed by atoms with Gasteiger partial charge in [-0.1, -0.05) is 0 Å². The minimum Gasteiger partial charge on any atom is -0.395 e. The third-order valence-corrected chi connectivity index (χ3v) is 1.33. The molecular formula is C7H3ClF3NO2. The van der Waals surface area contributed by atoms with Crippen molar-refractivity contribution < 1.29 is 22.7 Å². The molecule has 0 aliphatic carbocycles. The highest BCUT2D eigenvalue weighted by molar-refractivity contribution is 6.61. The van der Waals surface area contributed by atoms with Gasteiger partial charge in [0.1, 0.15) is 5.56 Å². The lowest BCUT2D eigenvalue weighted by Crippen LogP contribution is -2.10.